The molecule has 0 unspecified atom stereocenters. The van der Waals surface area contributed by atoms with Gasteiger partial charge in [-0.05, 0) is 75.3 Å². The molecule has 1 aliphatic rings. The van der Waals surface area contributed by atoms with Crippen LogP contribution in [0.15, 0.2) is 72.9 Å². The predicted molar refractivity (Wildman–Crippen MR) is 159 cm³/mol. The van der Waals surface area contributed by atoms with Crippen molar-refractivity contribution in [2.75, 3.05) is 5.73 Å². The number of aromatic nitrogens is 3. The lowest BCUT2D eigenvalue weighted by Gasteiger charge is -2.25. The van der Waals surface area contributed by atoms with Crippen LogP contribution < -0.4 is 15.2 Å². The third-order valence-corrected chi connectivity index (χ3v) is 8.22. The summed E-state index contributed by atoms with van der Waals surface area (Å²) in [5.41, 5.74) is 9.84. The minimum Gasteiger partial charge on any atom is -0.457 e. The van der Waals surface area contributed by atoms with Gasteiger partial charge in [-0.2, -0.15) is 0 Å². The van der Waals surface area contributed by atoms with Crippen molar-refractivity contribution in [2.24, 2.45) is 5.92 Å². The largest absolute Gasteiger partial charge is 0.457 e. The van der Waals surface area contributed by atoms with Crippen molar-refractivity contribution in [3.8, 4) is 34.5 Å². The monoisotopic (exact) mass is 555 g/mol. The molecule has 0 aliphatic heterocycles. The molecule has 0 radical (unpaired) electrons. The summed E-state index contributed by atoms with van der Waals surface area (Å²) in [6.45, 7) is 7.57. The van der Waals surface area contributed by atoms with Gasteiger partial charge in [-0.15, -0.1) is 0 Å². The summed E-state index contributed by atoms with van der Waals surface area (Å²) in [7, 11) is -3.44. The predicted octanol–water partition coefficient (Wildman–Crippen LogP) is 6.03. The molecule has 3 N–H and O–H groups in total. The smallest absolute Gasteiger partial charge is 0.233 e. The Kier molecular flexibility index (Phi) is 7.92. The maximum Gasteiger partial charge on any atom is 0.233 e. The van der Waals surface area contributed by atoms with Crippen LogP contribution >= 0.6 is 0 Å². The Morgan fingerprint density at radius 2 is 1.73 bits per heavy atom. The topological polar surface area (TPSA) is 112 Å². The number of hydrogen-bond donors (Lipinski definition) is 2. The highest BCUT2D eigenvalue weighted by Crippen LogP contribution is 2.39. The summed E-state index contributed by atoms with van der Waals surface area (Å²) in [5, 5.41) is 1.74. The van der Waals surface area contributed by atoms with Crippen molar-refractivity contribution in [2.45, 2.75) is 51.6 Å². The van der Waals surface area contributed by atoms with Crippen molar-refractivity contribution >= 4 is 26.9 Å². The normalized spacial score (nSPS) is 17.4. The number of nitrogens with zero attached hydrogens (tertiary/aromatic N) is 3. The molecule has 2 aromatic heterocycles. The van der Waals surface area contributed by atoms with E-state index in [1.54, 1.807) is 0 Å². The maximum absolute atomic E-state index is 11.9. The van der Waals surface area contributed by atoms with Crippen LogP contribution in [0, 0.1) is 17.8 Å². The molecule has 40 heavy (non-hydrogen) atoms. The highest BCUT2D eigenvalue weighted by atomic mass is 32.2. The zero-order valence-electron chi connectivity index (χ0n) is 22.7. The Morgan fingerprint density at radius 3 is 2.38 bits per heavy atom. The lowest BCUT2D eigenvalue weighted by atomic mass is 9.87. The van der Waals surface area contributed by atoms with Gasteiger partial charge in [0.25, 0.3) is 0 Å². The second kappa shape index (κ2) is 11.5. The summed E-state index contributed by atoms with van der Waals surface area (Å²) >= 11 is 0. The second-order valence-electron chi connectivity index (χ2n) is 10.2. The molecule has 5 rings (SSSR count). The van der Waals surface area contributed by atoms with E-state index < -0.39 is 10.0 Å². The molecule has 4 aromatic rings. The first-order valence-electron chi connectivity index (χ1n) is 13.4. The molecule has 0 atom stereocenters. The zero-order valence-corrected chi connectivity index (χ0v) is 23.5. The number of nitrogens with two attached hydrogens (primary N) is 1. The molecular formula is C31H33N5O3S. The van der Waals surface area contributed by atoms with E-state index in [2.05, 4.69) is 51.5 Å². The SMILES string of the molecule is C=CS(=O)(=O)NC1CCC(C#Cc2c(-c3ccc(Oc4ccccc4)cc3)c3c(N)ncnc3n2C(C)C)CC1. The van der Waals surface area contributed by atoms with Gasteiger partial charge in [0.2, 0.25) is 10.0 Å². The van der Waals surface area contributed by atoms with Gasteiger partial charge in [-0.1, -0.05) is 42.8 Å². The number of fused-ring (bicyclic) bond motifs is 1. The van der Waals surface area contributed by atoms with Crippen molar-refractivity contribution in [1.82, 2.24) is 19.3 Å². The van der Waals surface area contributed by atoms with Gasteiger partial charge in [0, 0.05) is 29.0 Å². The Balaban J connectivity index is 1.50. The lowest BCUT2D eigenvalue weighted by molar-refractivity contribution is 0.364. The van der Waals surface area contributed by atoms with Crippen LogP contribution in [0.25, 0.3) is 22.2 Å². The molecule has 1 fully saturated rings. The number of para-hydroxylation sites is 1. The zero-order chi connectivity index (χ0) is 28.3. The Morgan fingerprint density at radius 1 is 1.05 bits per heavy atom. The summed E-state index contributed by atoms with van der Waals surface area (Å²) < 4.78 is 34.6. The van der Waals surface area contributed by atoms with Crippen LogP contribution in [-0.4, -0.2) is 29.0 Å². The number of nitrogens with one attached hydrogen (secondary N) is 1. The van der Waals surface area contributed by atoms with Gasteiger partial charge in [0.1, 0.15) is 35.0 Å². The maximum atomic E-state index is 11.9. The van der Waals surface area contributed by atoms with Crippen LogP contribution in [0.3, 0.4) is 0 Å². The summed E-state index contributed by atoms with van der Waals surface area (Å²) in [4.78, 5) is 8.89. The van der Waals surface area contributed by atoms with E-state index in [0.29, 0.717) is 5.82 Å². The number of sulfonamides is 1. The van der Waals surface area contributed by atoms with Gasteiger partial charge < -0.3 is 15.0 Å². The Bertz CT molecular complexity index is 1680. The first-order valence-corrected chi connectivity index (χ1v) is 14.9. The van der Waals surface area contributed by atoms with Gasteiger partial charge in [0.15, 0.2) is 0 Å². The highest BCUT2D eigenvalue weighted by molar-refractivity contribution is 7.92. The molecule has 0 amide bonds. The van der Waals surface area contributed by atoms with E-state index in [0.717, 1.165) is 70.4 Å². The minimum atomic E-state index is -3.44. The molecule has 1 aliphatic carbocycles. The fourth-order valence-corrected chi connectivity index (χ4v) is 5.98. The molecule has 2 heterocycles. The molecule has 8 nitrogen and oxygen atoms in total. The van der Waals surface area contributed by atoms with Crippen LogP contribution in [0.2, 0.25) is 0 Å². The number of hydrogen-bond acceptors (Lipinski definition) is 6. The van der Waals surface area contributed by atoms with E-state index in [4.69, 9.17) is 10.5 Å². The van der Waals surface area contributed by atoms with E-state index >= 15 is 0 Å². The van der Waals surface area contributed by atoms with Crippen molar-refractivity contribution in [3.63, 3.8) is 0 Å². The van der Waals surface area contributed by atoms with Gasteiger partial charge >= 0.3 is 0 Å². The molecule has 206 valence electrons. The van der Waals surface area contributed by atoms with Crippen molar-refractivity contribution in [1.29, 1.82) is 0 Å². The molecule has 0 spiro atoms. The molecule has 0 bridgehead atoms. The first-order chi connectivity index (χ1) is 19.3. The standard InChI is InChI=1S/C31H33N5O3S/c1-4-40(37,38)35-24-15-10-22(11-16-24)12-19-27-28(29-30(32)33-20-34-31(29)36(27)21(2)3)23-13-17-26(18-14-23)39-25-8-6-5-7-9-25/h4-9,13-14,17-18,20-22,24,35H,1,10-11,15-16H2,2-3H3,(H2,32,33,34). The van der Waals surface area contributed by atoms with Gasteiger partial charge in [0.05, 0.1) is 5.39 Å². The van der Waals surface area contributed by atoms with Crippen LogP contribution in [-0.2, 0) is 10.0 Å². The van der Waals surface area contributed by atoms with E-state index in [-0.39, 0.29) is 18.0 Å². The summed E-state index contributed by atoms with van der Waals surface area (Å²) in [6, 6.07) is 17.5. The van der Waals surface area contributed by atoms with Crippen molar-refractivity contribution < 1.29 is 13.2 Å². The Labute approximate surface area is 235 Å². The molecule has 2 aromatic carbocycles. The summed E-state index contributed by atoms with van der Waals surface area (Å²) in [5.74, 6) is 9.01. The minimum absolute atomic E-state index is 0.0829. The Hall–Kier alpha value is -4.13. The number of benzene rings is 2. The number of nitrogen functional groups attached to an aromatic ring is 1. The van der Waals surface area contributed by atoms with Gasteiger partial charge in [-0.3, -0.25) is 0 Å². The van der Waals surface area contributed by atoms with Gasteiger partial charge in [-0.25, -0.2) is 23.1 Å². The number of rotatable bonds is 7. The average molecular weight is 556 g/mol. The summed E-state index contributed by atoms with van der Waals surface area (Å²) in [6.07, 6.45) is 4.56. The molecule has 0 saturated heterocycles. The fourth-order valence-electron chi connectivity index (χ4n) is 5.18. The highest BCUT2D eigenvalue weighted by Gasteiger charge is 2.25. The van der Waals surface area contributed by atoms with Crippen LogP contribution in [0.1, 0.15) is 51.3 Å². The number of anilines is 1. The molecule has 1 saturated carbocycles. The fraction of sp³-hybridized carbons (Fsp3) is 0.290. The lowest BCUT2D eigenvalue weighted by Crippen LogP contribution is -2.36. The second-order valence-corrected chi connectivity index (χ2v) is 11.9. The van der Waals surface area contributed by atoms with E-state index in [9.17, 15) is 8.42 Å². The van der Waals surface area contributed by atoms with Crippen LogP contribution in [0.5, 0.6) is 11.5 Å². The molecule has 9 heteroatoms. The van der Waals surface area contributed by atoms with Crippen molar-refractivity contribution in [3.05, 3.63) is 78.6 Å². The molecular weight excluding hydrogens is 522 g/mol. The van der Waals surface area contributed by atoms with E-state index in [1.165, 1.54) is 6.33 Å². The van der Waals surface area contributed by atoms with E-state index in [1.807, 2.05) is 54.6 Å². The quantitative estimate of drug-likeness (QED) is 0.270. The number of ether oxygens (including phenoxy) is 1. The van der Waals surface area contributed by atoms with Crippen LogP contribution in [0.4, 0.5) is 5.82 Å². The third-order valence-electron chi connectivity index (χ3n) is 7.12. The average Bonchev–Trinajstić information content (AvgIpc) is 3.29. The first kappa shape index (κ1) is 27.4. The third kappa shape index (κ3) is 5.88.